The number of anilines is 1. The maximum absolute atomic E-state index is 12.6. The molecule has 1 amide bonds. The summed E-state index contributed by atoms with van der Waals surface area (Å²) < 4.78 is 10.7. The van der Waals surface area contributed by atoms with Gasteiger partial charge in [0.15, 0.2) is 5.11 Å². The third-order valence-electron chi connectivity index (χ3n) is 4.48. The number of amides is 1. The number of rotatable bonds is 8. The van der Waals surface area contributed by atoms with Gasteiger partial charge in [0, 0.05) is 17.7 Å². The Balaban J connectivity index is 1.51. The van der Waals surface area contributed by atoms with Crippen molar-refractivity contribution >= 4 is 34.9 Å². The molecule has 0 fully saturated rings. The monoisotopic (exact) mass is 448 g/mol. The van der Waals surface area contributed by atoms with Crippen molar-refractivity contribution in [2.75, 3.05) is 18.5 Å². The lowest BCUT2D eigenvalue weighted by Crippen LogP contribution is -2.34. The Morgan fingerprint density at radius 1 is 0.906 bits per heavy atom. The van der Waals surface area contributed by atoms with Crippen LogP contribution in [0.1, 0.15) is 33.2 Å². The van der Waals surface area contributed by atoms with E-state index in [-0.39, 0.29) is 17.0 Å². The molecule has 7 heteroatoms. The molecular weight excluding hydrogens is 424 g/mol. The molecule has 0 aliphatic carbocycles. The van der Waals surface area contributed by atoms with Gasteiger partial charge < -0.3 is 14.8 Å². The van der Waals surface area contributed by atoms with Gasteiger partial charge in [-0.25, -0.2) is 4.79 Å². The zero-order valence-corrected chi connectivity index (χ0v) is 18.5. The smallest absolute Gasteiger partial charge is 0.338 e. The highest BCUT2D eigenvalue weighted by molar-refractivity contribution is 7.80. The van der Waals surface area contributed by atoms with Gasteiger partial charge in [0.05, 0.1) is 18.8 Å². The van der Waals surface area contributed by atoms with Crippen LogP contribution in [-0.2, 0) is 11.2 Å². The number of nitrogens with one attached hydrogen (secondary N) is 2. The number of carbonyl (C=O) groups is 2. The van der Waals surface area contributed by atoms with Crippen molar-refractivity contribution in [2.24, 2.45) is 0 Å². The number of hydrogen-bond acceptors (Lipinski definition) is 5. The van der Waals surface area contributed by atoms with Gasteiger partial charge in [-0.2, -0.15) is 0 Å². The Morgan fingerprint density at radius 3 is 2.38 bits per heavy atom. The summed E-state index contributed by atoms with van der Waals surface area (Å²) in [6, 6.07) is 23.6. The summed E-state index contributed by atoms with van der Waals surface area (Å²) in [5.74, 6) is -0.123. The number of thiocarbonyl (C=S) groups is 1. The molecule has 0 saturated carbocycles. The van der Waals surface area contributed by atoms with Crippen LogP contribution in [-0.4, -0.2) is 30.2 Å². The molecule has 0 aromatic heterocycles. The predicted molar refractivity (Wildman–Crippen MR) is 128 cm³/mol. The molecule has 0 saturated heterocycles. The Hall–Kier alpha value is -3.71. The van der Waals surface area contributed by atoms with Crippen LogP contribution < -0.4 is 15.4 Å². The van der Waals surface area contributed by atoms with E-state index in [9.17, 15) is 9.59 Å². The third kappa shape index (κ3) is 6.92. The average Bonchev–Trinajstić information content (AvgIpc) is 2.80. The van der Waals surface area contributed by atoms with Gasteiger partial charge in [0.2, 0.25) is 0 Å². The molecule has 32 heavy (non-hydrogen) atoms. The van der Waals surface area contributed by atoms with Crippen molar-refractivity contribution in [1.29, 1.82) is 0 Å². The van der Waals surface area contributed by atoms with Crippen LogP contribution in [0.2, 0.25) is 0 Å². The summed E-state index contributed by atoms with van der Waals surface area (Å²) in [6.07, 6.45) is 0.778. The van der Waals surface area contributed by atoms with Gasteiger partial charge in [0.1, 0.15) is 5.75 Å². The summed E-state index contributed by atoms with van der Waals surface area (Å²) in [4.78, 5) is 24.3. The lowest BCUT2D eigenvalue weighted by molar-refractivity contribution is 0.0526. The second-order valence-electron chi connectivity index (χ2n) is 6.82. The fourth-order valence-corrected chi connectivity index (χ4v) is 3.11. The average molecular weight is 449 g/mol. The maximum Gasteiger partial charge on any atom is 0.338 e. The molecule has 0 heterocycles. The van der Waals surface area contributed by atoms with Crippen LogP contribution in [0.4, 0.5) is 5.69 Å². The van der Waals surface area contributed by atoms with Gasteiger partial charge in [-0.3, -0.25) is 10.1 Å². The Morgan fingerprint density at radius 2 is 1.66 bits per heavy atom. The van der Waals surface area contributed by atoms with Crippen LogP contribution in [0.25, 0.3) is 0 Å². The molecule has 2 N–H and O–H groups in total. The first kappa shape index (κ1) is 23.0. The summed E-state index contributed by atoms with van der Waals surface area (Å²) >= 11 is 5.23. The molecule has 0 radical (unpaired) electrons. The van der Waals surface area contributed by atoms with Crippen molar-refractivity contribution < 1.29 is 19.1 Å². The second-order valence-corrected chi connectivity index (χ2v) is 7.23. The molecule has 6 nitrogen and oxygen atoms in total. The van der Waals surface area contributed by atoms with E-state index in [1.54, 1.807) is 49.4 Å². The van der Waals surface area contributed by atoms with Crippen molar-refractivity contribution in [3.63, 3.8) is 0 Å². The second kappa shape index (κ2) is 11.6. The topological polar surface area (TPSA) is 76.7 Å². The van der Waals surface area contributed by atoms with Crippen molar-refractivity contribution in [3.05, 3.63) is 95.6 Å². The minimum atomic E-state index is -0.388. The molecule has 164 valence electrons. The molecule has 0 aliphatic rings. The Kier molecular flexibility index (Phi) is 8.34. The molecule has 3 aromatic carbocycles. The largest absolute Gasteiger partial charge is 0.493 e. The number of esters is 1. The molecule has 0 unspecified atom stereocenters. The predicted octanol–water partition coefficient (Wildman–Crippen LogP) is 4.61. The fraction of sp³-hybridized carbons (Fsp3) is 0.160. The standard InChI is InChI=1S/C25H24N2O4S/c1-2-30-24(29)19-11-13-21(14-12-19)26-25(32)27-23(28)20-9-6-10-22(17-20)31-16-15-18-7-4-3-5-8-18/h3-14,17H,2,15-16H2,1H3,(H2,26,27,28,32). The molecular formula is C25H24N2O4S. The van der Waals surface area contributed by atoms with E-state index in [0.717, 1.165) is 6.42 Å². The first-order valence-electron chi connectivity index (χ1n) is 10.2. The van der Waals surface area contributed by atoms with Crippen LogP contribution in [0.15, 0.2) is 78.9 Å². The number of hydrogen-bond donors (Lipinski definition) is 2. The SMILES string of the molecule is CCOC(=O)c1ccc(NC(=S)NC(=O)c2cccc(OCCc3ccccc3)c2)cc1. The Labute approximate surface area is 192 Å². The van der Waals surface area contributed by atoms with Gasteiger partial charge in [-0.1, -0.05) is 36.4 Å². The fourth-order valence-electron chi connectivity index (χ4n) is 2.90. The van der Waals surface area contributed by atoms with Crippen LogP contribution in [0.3, 0.4) is 0 Å². The first-order valence-corrected chi connectivity index (χ1v) is 10.6. The summed E-state index contributed by atoms with van der Waals surface area (Å²) in [6.45, 7) is 2.58. The number of ether oxygens (including phenoxy) is 2. The van der Waals surface area contributed by atoms with Gasteiger partial charge in [-0.05, 0) is 67.2 Å². The van der Waals surface area contributed by atoms with Crippen molar-refractivity contribution in [2.45, 2.75) is 13.3 Å². The lowest BCUT2D eigenvalue weighted by atomic mass is 10.2. The quantitative estimate of drug-likeness (QED) is 0.387. The highest BCUT2D eigenvalue weighted by Crippen LogP contribution is 2.15. The summed E-state index contributed by atoms with van der Waals surface area (Å²) in [5, 5.41) is 5.72. The number of benzene rings is 3. The minimum Gasteiger partial charge on any atom is -0.493 e. The Bertz CT molecular complexity index is 1070. The van der Waals surface area contributed by atoms with Crippen LogP contribution >= 0.6 is 12.2 Å². The molecule has 0 aliphatic heterocycles. The molecule has 0 bridgehead atoms. The highest BCUT2D eigenvalue weighted by atomic mass is 32.1. The van der Waals surface area contributed by atoms with Gasteiger partial charge in [0.25, 0.3) is 5.91 Å². The van der Waals surface area contributed by atoms with E-state index in [4.69, 9.17) is 21.7 Å². The van der Waals surface area contributed by atoms with Crippen LogP contribution in [0.5, 0.6) is 5.75 Å². The van der Waals surface area contributed by atoms with E-state index >= 15 is 0 Å². The van der Waals surface area contributed by atoms with E-state index in [0.29, 0.717) is 35.8 Å². The minimum absolute atomic E-state index is 0.147. The highest BCUT2D eigenvalue weighted by Gasteiger charge is 2.10. The summed E-state index contributed by atoms with van der Waals surface area (Å²) in [5.41, 5.74) is 2.70. The van der Waals surface area contributed by atoms with E-state index < -0.39 is 0 Å². The zero-order valence-electron chi connectivity index (χ0n) is 17.7. The van der Waals surface area contributed by atoms with Crippen LogP contribution in [0, 0.1) is 0 Å². The van der Waals surface area contributed by atoms with E-state index in [2.05, 4.69) is 10.6 Å². The van der Waals surface area contributed by atoms with E-state index in [1.807, 2.05) is 36.4 Å². The van der Waals surface area contributed by atoms with Crippen molar-refractivity contribution in [3.8, 4) is 5.75 Å². The normalized spacial score (nSPS) is 10.2. The third-order valence-corrected chi connectivity index (χ3v) is 4.68. The molecule has 0 atom stereocenters. The van der Waals surface area contributed by atoms with Gasteiger partial charge in [-0.15, -0.1) is 0 Å². The molecule has 0 spiro atoms. The van der Waals surface area contributed by atoms with E-state index in [1.165, 1.54) is 5.56 Å². The maximum atomic E-state index is 12.6. The molecule has 3 rings (SSSR count). The zero-order chi connectivity index (χ0) is 22.8. The van der Waals surface area contributed by atoms with Gasteiger partial charge >= 0.3 is 5.97 Å². The lowest BCUT2D eigenvalue weighted by Gasteiger charge is -2.11. The first-order chi connectivity index (χ1) is 15.5. The molecule has 3 aromatic rings. The van der Waals surface area contributed by atoms with Crippen molar-refractivity contribution in [1.82, 2.24) is 5.32 Å². The number of carbonyl (C=O) groups excluding carboxylic acids is 2. The summed E-state index contributed by atoms with van der Waals surface area (Å²) in [7, 11) is 0.